The van der Waals surface area contributed by atoms with Crippen LogP contribution in [0.5, 0.6) is 0 Å². The van der Waals surface area contributed by atoms with Crippen molar-refractivity contribution < 1.29 is 18.7 Å². The van der Waals surface area contributed by atoms with E-state index < -0.39 is 17.6 Å². The molecular formula is C14H17F2NO2. The van der Waals surface area contributed by atoms with Crippen molar-refractivity contribution >= 4 is 5.97 Å². The average Bonchev–Trinajstić information content (AvgIpc) is 3.11. The van der Waals surface area contributed by atoms with E-state index in [0.29, 0.717) is 18.2 Å². The molecule has 1 aromatic rings. The summed E-state index contributed by atoms with van der Waals surface area (Å²) in [5.74, 6) is -2.06. The maximum absolute atomic E-state index is 13.2. The van der Waals surface area contributed by atoms with Gasteiger partial charge in [-0.3, -0.25) is 9.69 Å². The van der Waals surface area contributed by atoms with Gasteiger partial charge < -0.3 is 5.11 Å². The first-order valence-electron chi connectivity index (χ1n) is 6.41. The van der Waals surface area contributed by atoms with E-state index in [4.69, 9.17) is 5.11 Å². The third kappa shape index (κ3) is 3.73. The largest absolute Gasteiger partial charge is 0.481 e. The van der Waals surface area contributed by atoms with Crippen LogP contribution in [0.2, 0.25) is 0 Å². The van der Waals surface area contributed by atoms with Crippen molar-refractivity contribution in [3.8, 4) is 0 Å². The highest BCUT2D eigenvalue weighted by atomic mass is 19.1. The SMILES string of the molecule is CC(c1cc(F)cc(F)c1)N(CCC(=O)O)C1CC1. The van der Waals surface area contributed by atoms with Gasteiger partial charge >= 0.3 is 5.97 Å². The van der Waals surface area contributed by atoms with Gasteiger partial charge in [-0.2, -0.15) is 0 Å². The van der Waals surface area contributed by atoms with Crippen LogP contribution in [-0.4, -0.2) is 28.6 Å². The Balaban J connectivity index is 2.13. The van der Waals surface area contributed by atoms with Crippen molar-refractivity contribution in [1.82, 2.24) is 4.90 Å². The molecule has 1 aliphatic rings. The number of hydrogen-bond acceptors (Lipinski definition) is 2. The van der Waals surface area contributed by atoms with Crippen molar-refractivity contribution in [3.63, 3.8) is 0 Å². The fourth-order valence-corrected chi connectivity index (χ4v) is 2.33. The van der Waals surface area contributed by atoms with E-state index in [0.717, 1.165) is 18.9 Å². The zero-order valence-electron chi connectivity index (χ0n) is 10.8. The summed E-state index contributed by atoms with van der Waals surface area (Å²) in [5, 5.41) is 8.76. The molecule has 5 heteroatoms. The van der Waals surface area contributed by atoms with E-state index in [1.54, 1.807) is 0 Å². The van der Waals surface area contributed by atoms with Gasteiger partial charge in [-0.25, -0.2) is 8.78 Å². The number of halogens is 2. The van der Waals surface area contributed by atoms with Crippen LogP contribution in [-0.2, 0) is 4.79 Å². The molecule has 19 heavy (non-hydrogen) atoms. The van der Waals surface area contributed by atoms with Crippen molar-refractivity contribution in [2.24, 2.45) is 0 Å². The van der Waals surface area contributed by atoms with Gasteiger partial charge in [0, 0.05) is 24.7 Å². The number of benzene rings is 1. The molecule has 0 bridgehead atoms. The fourth-order valence-electron chi connectivity index (χ4n) is 2.33. The van der Waals surface area contributed by atoms with Crippen molar-refractivity contribution in [3.05, 3.63) is 35.4 Å². The summed E-state index contributed by atoms with van der Waals surface area (Å²) in [6.45, 7) is 2.26. The topological polar surface area (TPSA) is 40.5 Å². The maximum Gasteiger partial charge on any atom is 0.304 e. The minimum absolute atomic E-state index is 0.0403. The Hall–Kier alpha value is -1.49. The maximum atomic E-state index is 13.2. The van der Waals surface area contributed by atoms with Gasteiger partial charge in [-0.15, -0.1) is 0 Å². The second kappa shape index (κ2) is 5.65. The Morgan fingerprint density at radius 2 is 1.95 bits per heavy atom. The second-order valence-corrected chi connectivity index (χ2v) is 4.99. The quantitative estimate of drug-likeness (QED) is 0.863. The minimum atomic E-state index is -0.858. The lowest BCUT2D eigenvalue weighted by Gasteiger charge is -2.29. The summed E-state index contributed by atoms with van der Waals surface area (Å²) in [5.41, 5.74) is 0.551. The fraction of sp³-hybridized carbons (Fsp3) is 0.500. The van der Waals surface area contributed by atoms with E-state index in [2.05, 4.69) is 0 Å². The van der Waals surface area contributed by atoms with E-state index in [9.17, 15) is 13.6 Å². The van der Waals surface area contributed by atoms with Gasteiger partial charge in [0.15, 0.2) is 0 Å². The van der Waals surface area contributed by atoms with Crippen LogP contribution in [0.4, 0.5) is 8.78 Å². The summed E-state index contributed by atoms with van der Waals surface area (Å²) in [6.07, 6.45) is 2.07. The molecule has 0 aromatic heterocycles. The molecule has 3 nitrogen and oxygen atoms in total. The molecule has 1 atom stereocenters. The first-order chi connectivity index (χ1) is 8.97. The molecule has 1 aromatic carbocycles. The van der Waals surface area contributed by atoms with Crippen molar-refractivity contribution in [2.45, 2.75) is 38.3 Å². The van der Waals surface area contributed by atoms with Crippen LogP contribution in [0, 0.1) is 11.6 Å². The van der Waals surface area contributed by atoms with Crippen LogP contribution in [0.25, 0.3) is 0 Å². The first kappa shape index (κ1) is 13.9. The molecule has 104 valence electrons. The number of nitrogens with zero attached hydrogens (tertiary/aromatic N) is 1. The summed E-state index contributed by atoms with van der Waals surface area (Å²) in [6, 6.07) is 3.61. The van der Waals surface area contributed by atoms with Crippen LogP contribution < -0.4 is 0 Å². The smallest absolute Gasteiger partial charge is 0.304 e. The molecule has 1 saturated carbocycles. The molecule has 0 amide bonds. The Labute approximate surface area is 110 Å². The van der Waals surface area contributed by atoms with Crippen LogP contribution in [0.3, 0.4) is 0 Å². The molecule has 0 heterocycles. The Bertz CT molecular complexity index is 454. The molecular weight excluding hydrogens is 252 g/mol. The van der Waals surface area contributed by atoms with Gasteiger partial charge in [-0.05, 0) is 37.5 Å². The highest BCUT2D eigenvalue weighted by Crippen LogP contribution is 2.34. The number of rotatable bonds is 6. The van der Waals surface area contributed by atoms with Gasteiger partial charge in [0.05, 0.1) is 6.42 Å². The average molecular weight is 269 g/mol. The molecule has 1 N–H and O–H groups in total. The van der Waals surface area contributed by atoms with Crippen LogP contribution in [0.15, 0.2) is 18.2 Å². The van der Waals surface area contributed by atoms with Crippen LogP contribution in [0.1, 0.15) is 37.8 Å². The summed E-state index contributed by atoms with van der Waals surface area (Å²) >= 11 is 0. The first-order valence-corrected chi connectivity index (χ1v) is 6.41. The summed E-state index contributed by atoms with van der Waals surface area (Å²) in [4.78, 5) is 12.7. The summed E-state index contributed by atoms with van der Waals surface area (Å²) in [7, 11) is 0. The highest BCUT2D eigenvalue weighted by Gasteiger charge is 2.33. The predicted octanol–water partition coefficient (Wildman–Crippen LogP) is 2.96. The number of aliphatic carboxylic acids is 1. The Morgan fingerprint density at radius 3 is 2.42 bits per heavy atom. The van der Waals surface area contributed by atoms with Gasteiger partial charge in [0.25, 0.3) is 0 Å². The lowest BCUT2D eigenvalue weighted by molar-refractivity contribution is -0.137. The molecule has 1 fully saturated rings. The molecule has 1 unspecified atom stereocenters. The minimum Gasteiger partial charge on any atom is -0.481 e. The Kier molecular flexibility index (Phi) is 4.14. The van der Waals surface area contributed by atoms with Gasteiger partial charge in [-0.1, -0.05) is 0 Å². The third-order valence-electron chi connectivity index (χ3n) is 3.46. The van der Waals surface area contributed by atoms with Gasteiger partial charge in [0.1, 0.15) is 11.6 Å². The zero-order chi connectivity index (χ0) is 14.0. The van der Waals surface area contributed by atoms with E-state index >= 15 is 0 Å². The highest BCUT2D eigenvalue weighted by molar-refractivity contribution is 5.66. The molecule has 0 radical (unpaired) electrons. The van der Waals surface area contributed by atoms with Gasteiger partial charge in [0.2, 0.25) is 0 Å². The zero-order valence-corrected chi connectivity index (χ0v) is 10.8. The molecule has 0 spiro atoms. The normalized spacial score (nSPS) is 16.6. The third-order valence-corrected chi connectivity index (χ3v) is 3.46. The molecule has 2 rings (SSSR count). The monoisotopic (exact) mass is 269 g/mol. The lowest BCUT2D eigenvalue weighted by Crippen LogP contribution is -2.31. The number of carboxylic acid groups (broad SMARTS) is 1. The predicted molar refractivity (Wildman–Crippen MR) is 66.8 cm³/mol. The number of hydrogen-bond donors (Lipinski definition) is 1. The molecule has 0 saturated heterocycles. The van der Waals surface area contributed by atoms with Crippen molar-refractivity contribution in [1.29, 1.82) is 0 Å². The summed E-state index contributed by atoms with van der Waals surface area (Å²) < 4.78 is 26.5. The lowest BCUT2D eigenvalue weighted by atomic mass is 10.1. The number of carboxylic acids is 1. The van der Waals surface area contributed by atoms with E-state index in [-0.39, 0.29) is 12.5 Å². The number of carbonyl (C=O) groups is 1. The van der Waals surface area contributed by atoms with Crippen molar-refractivity contribution in [2.75, 3.05) is 6.54 Å². The van der Waals surface area contributed by atoms with Crippen LogP contribution >= 0.6 is 0 Å². The van der Waals surface area contributed by atoms with E-state index in [1.165, 1.54) is 12.1 Å². The second-order valence-electron chi connectivity index (χ2n) is 4.99. The standard InChI is InChI=1S/C14H17F2NO2/c1-9(10-6-11(15)8-12(16)7-10)17(13-2-3-13)5-4-14(18)19/h6-9,13H,2-5H2,1H3,(H,18,19). The molecule has 0 aliphatic heterocycles. The Morgan fingerprint density at radius 1 is 1.37 bits per heavy atom. The van der Waals surface area contributed by atoms with E-state index in [1.807, 2.05) is 11.8 Å². The molecule has 1 aliphatic carbocycles.